The van der Waals surface area contributed by atoms with E-state index in [4.69, 9.17) is 16.3 Å². The van der Waals surface area contributed by atoms with Crippen LogP contribution in [-0.2, 0) is 22.1 Å². The Morgan fingerprint density at radius 3 is 2.38 bits per heavy atom. The quantitative estimate of drug-likeness (QED) is 0.257. The predicted molar refractivity (Wildman–Crippen MR) is 130 cm³/mol. The molecule has 0 saturated carbocycles. The topological polar surface area (TPSA) is 26.3 Å². The first-order chi connectivity index (χ1) is 16.2. The third-order valence-electron chi connectivity index (χ3n) is 5.60. The second-order valence-corrected chi connectivity index (χ2v) is 9.33. The third kappa shape index (κ3) is 5.08. The van der Waals surface area contributed by atoms with Crippen molar-refractivity contribution in [1.82, 2.24) is 0 Å². The molecule has 0 aromatic heterocycles. The molecule has 0 fully saturated rings. The molecule has 2 nitrogen and oxygen atoms in total. The minimum absolute atomic E-state index is 0.135. The van der Waals surface area contributed by atoms with Gasteiger partial charge in [-0.2, -0.15) is 13.2 Å². The van der Waals surface area contributed by atoms with Gasteiger partial charge in [0.25, 0.3) is 0 Å². The number of ether oxygens (including phenoxy) is 1. The number of hydrogen-bond donors (Lipinski definition) is 0. The normalized spacial score (nSPS) is 11.6. The van der Waals surface area contributed by atoms with Gasteiger partial charge in [0.2, 0.25) is 0 Å². The number of alkyl halides is 3. The molecule has 4 aromatic rings. The maximum absolute atomic E-state index is 13.4. The van der Waals surface area contributed by atoms with Crippen LogP contribution < -0.4 is 0 Å². The van der Waals surface area contributed by atoms with Crippen molar-refractivity contribution in [3.05, 3.63) is 94.5 Å². The Morgan fingerprint density at radius 2 is 1.71 bits per heavy atom. The first-order valence-electron chi connectivity index (χ1n) is 10.4. The van der Waals surface area contributed by atoms with Crippen LogP contribution in [-0.4, -0.2) is 13.1 Å². The van der Waals surface area contributed by atoms with Gasteiger partial charge in [-0.3, -0.25) is 4.79 Å². The SMILES string of the molecule is COC(=O)Cc1cc2ccc(Cl)cc2c(-c2ccc(Sc3ccccc3C(F)(F)F)cc2)c1C. The molecule has 0 amide bonds. The highest BCUT2D eigenvalue weighted by molar-refractivity contribution is 7.99. The molecule has 7 heteroatoms. The molecule has 34 heavy (non-hydrogen) atoms. The maximum atomic E-state index is 13.4. The second kappa shape index (κ2) is 9.72. The zero-order chi connectivity index (χ0) is 24.5. The van der Waals surface area contributed by atoms with Crippen molar-refractivity contribution in [3.8, 4) is 11.1 Å². The molecule has 0 atom stereocenters. The molecule has 0 unspecified atom stereocenters. The highest BCUT2D eigenvalue weighted by Gasteiger charge is 2.33. The Balaban J connectivity index is 1.76. The average molecular weight is 501 g/mol. The molecule has 0 aliphatic rings. The highest BCUT2D eigenvalue weighted by Crippen LogP contribution is 2.41. The molecule has 4 rings (SSSR count). The van der Waals surface area contributed by atoms with Gasteiger partial charge in [-0.25, -0.2) is 0 Å². The Kier molecular flexibility index (Phi) is 6.91. The minimum Gasteiger partial charge on any atom is -0.469 e. The third-order valence-corrected chi connectivity index (χ3v) is 6.92. The molecule has 0 spiro atoms. The lowest BCUT2D eigenvalue weighted by atomic mass is 9.89. The Hall–Kier alpha value is -2.96. The summed E-state index contributed by atoms with van der Waals surface area (Å²) in [5.41, 5.74) is 2.91. The number of halogens is 4. The summed E-state index contributed by atoms with van der Waals surface area (Å²) in [5, 5.41) is 2.45. The Labute approximate surface area is 204 Å². The van der Waals surface area contributed by atoms with Gasteiger partial charge in [-0.05, 0) is 76.3 Å². The monoisotopic (exact) mass is 500 g/mol. The molecule has 174 valence electrons. The lowest BCUT2D eigenvalue weighted by Gasteiger charge is -2.16. The maximum Gasteiger partial charge on any atom is 0.417 e. The number of esters is 1. The van der Waals surface area contributed by atoms with Crippen LogP contribution in [0.3, 0.4) is 0 Å². The molecule has 0 bridgehead atoms. The lowest BCUT2D eigenvalue weighted by molar-refractivity contribution is -0.140. The first kappa shape index (κ1) is 24.2. The van der Waals surface area contributed by atoms with E-state index in [0.717, 1.165) is 50.9 Å². The van der Waals surface area contributed by atoms with E-state index in [0.29, 0.717) is 9.92 Å². The molecule has 0 radical (unpaired) electrons. The molecule has 4 aromatic carbocycles. The van der Waals surface area contributed by atoms with E-state index in [1.54, 1.807) is 24.3 Å². The number of carbonyl (C=O) groups is 1. The van der Waals surface area contributed by atoms with E-state index in [2.05, 4.69) is 0 Å². The van der Waals surface area contributed by atoms with Crippen LogP contribution in [0.2, 0.25) is 5.02 Å². The zero-order valence-corrected chi connectivity index (χ0v) is 19.9. The fourth-order valence-electron chi connectivity index (χ4n) is 3.92. The average Bonchev–Trinajstić information content (AvgIpc) is 2.80. The van der Waals surface area contributed by atoms with Gasteiger partial charge >= 0.3 is 12.1 Å². The van der Waals surface area contributed by atoms with E-state index >= 15 is 0 Å². The number of rotatable bonds is 5. The molecule has 0 N–H and O–H groups in total. The fourth-order valence-corrected chi connectivity index (χ4v) is 5.06. The predicted octanol–water partition coefficient (Wildman–Crippen LogP) is 8.35. The van der Waals surface area contributed by atoms with E-state index < -0.39 is 11.7 Å². The van der Waals surface area contributed by atoms with Crippen LogP contribution >= 0.6 is 23.4 Å². The van der Waals surface area contributed by atoms with Crippen LogP contribution in [0, 0.1) is 6.92 Å². The highest BCUT2D eigenvalue weighted by atomic mass is 35.5. The minimum atomic E-state index is -4.42. The van der Waals surface area contributed by atoms with Crippen LogP contribution in [0.4, 0.5) is 13.2 Å². The summed E-state index contributed by atoms with van der Waals surface area (Å²) in [4.78, 5) is 12.8. The molecule has 0 heterocycles. The molecule has 0 aliphatic heterocycles. The van der Waals surface area contributed by atoms with Gasteiger partial charge in [0.15, 0.2) is 0 Å². The van der Waals surface area contributed by atoms with Gasteiger partial charge < -0.3 is 4.74 Å². The van der Waals surface area contributed by atoms with E-state index in [1.807, 2.05) is 37.3 Å². The molecular weight excluding hydrogens is 481 g/mol. The largest absolute Gasteiger partial charge is 0.469 e. The van der Waals surface area contributed by atoms with Crippen LogP contribution in [0.25, 0.3) is 21.9 Å². The summed E-state index contributed by atoms with van der Waals surface area (Å²) in [5.74, 6) is -0.336. The van der Waals surface area contributed by atoms with Gasteiger partial charge in [0.1, 0.15) is 0 Å². The van der Waals surface area contributed by atoms with Gasteiger partial charge in [0, 0.05) is 14.8 Å². The van der Waals surface area contributed by atoms with Crippen molar-refractivity contribution in [2.45, 2.75) is 29.3 Å². The summed E-state index contributed by atoms with van der Waals surface area (Å²) in [6.45, 7) is 1.94. The van der Waals surface area contributed by atoms with Crippen LogP contribution in [0.5, 0.6) is 0 Å². The smallest absolute Gasteiger partial charge is 0.417 e. The van der Waals surface area contributed by atoms with Crippen LogP contribution in [0.15, 0.2) is 82.6 Å². The Morgan fingerprint density at radius 1 is 1.00 bits per heavy atom. The Bertz CT molecular complexity index is 1370. The first-order valence-corrected chi connectivity index (χ1v) is 11.6. The van der Waals surface area contributed by atoms with E-state index in [1.165, 1.54) is 19.2 Å². The van der Waals surface area contributed by atoms with Gasteiger partial charge in [-0.15, -0.1) is 0 Å². The summed E-state index contributed by atoms with van der Waals surface area (Å²) >= 11 is 7.34. The van der Waals surface area contributed by atoms with Gasteiger partial charge in [-0.1, -0.05) is 59.8 Å². The summed E-state index contributed by atoms with van der Waals surface area (Å²) < 4.78 is 44.9. The lowest BCUT2D eigenvalue weighted by Crippen LogP contribution is -2.06. The van der Waals surface area contributed by atoms with Gasteiger partial charge in [0.05, 0.1) is 19.1 Å². The van der Waals surface area contributed by atoms with Crippen molar-refractivity contribution < 1.29 is 22.7 Å². The van der Waals surface area contributed by atoms with Crippen molar-refractivity contribution in [2.24, 2.45) is 0 Å². The van der Waals surface area contributed by atoms with Crippen molar-refractivity contribution in [2.75, 3.05) is 7.11 Å². The molecule has 0 aliphatic carbocycles. The number of carbonyl (C=O) groups excluding carboxylic acids is 1. The van der Waals surface area contributed by atoms with Crippen molar-refractivity contribution >= 4 is 40.1 Å². The second-order valence-electron chi connectivity index (χ2n) is 7.77. The van der Waals surface area contributed by atoms with Crippen LogP contribution in [0.1, 0.15) is 16.7 Å². The van der Waals surface area contributed by atoms with Crippen molar-refractivity contribution in [1.29, 1.82) is 0 Å². The van der Waals surface area contributed by atoms with Crippen molar-refractivity contribution in [3.63, 3.8) is 0 Å². The number of hydrogen-bond acceptors (Lipinski definition) is 3. The number of fused-ring (bicyclic) bond motifs is 1. The summed E-state index contributed by atoms with van der Waals surface area (Å²) in [7, 11) is 1.35. The van der Waals surface area contributed by atoms with E-state index in [-0.39, 0.29) is 17.3 Å². The molecule has 0 saturated heterocycles. The standard InChI is InChI=1S/C27H20ClF3O2S/c1-16-19(14-25(32)33-2)13-18-7-10-20(28)15-22(18)26(16)17-8-11-21(12-9-17)34-24-6-4-3-5-23(24)27(29,30)31/h3-13,15H,14H2,1-2H3. The summed E-state index contributed by atoms with van der Waals surface area (Å²) in [6.07, 6.45) is -4.28. The number of benzene rings is 4. The summed E-state index contributed by atoms with van der Waals surface area (Å²) in [6, 6.07) is 20.4. The molecular formula is C27H20ClF3O2S. The zero-order valence-electron chi connectivity index (χ0n) is 18.4. The van der Waals surface area contributed by atoms with E-state index in [9.17, 15) is 18.0 Å². The number of methoxy groups -OCH3 is 1. The fraction of sp³-hybridized carbons (Fsp3) is 0.148.